The highest BCUT2D eigenvalue weighted by molar-refractivity contribution is 6.43. The van der Waals surface area contributed by atoms with Gasteiger partial charge in [-0.05, 0) is 86.6 Å². The average molecular weight is 994 g/mol. The van der Waals surface area contributed by atoms with Gasteiger partial charge < -0.3 is 26.0 Å². The number of nitrogens with zero attached hydrogens (tertiary/aromatic N) is 4. The summed E-state index contributed by atoms with van der Waals surface area (Å²) in [4.78, 5) is 77.9. The lowest BCUT2D eigenvalue weighted by Gasteiger charge is -2.15. The molecule has 4 amide bonds. The molecule has 0 fully saturated rings. The van der Waals surface area contributed by atoms with Crippen molar-refractivity contribution in [2.45, 2.75) is 25.9 Å². The molecule has 63 heavy (non-hydrogen) atoms. The summed E-state index contributed by atoms with van der Waals surface area (Å²) in [5.41, 5.74) is 0.773. The molecule has 0 aliphatic rings. The highest BCUT2D eigenvalue weighted by atomic mass is 35.5. The predicted octanol–water partition coefficient (Wildman–Crippen LogP) is 12.0. The molecule has 0 bridgehead atoms. The fourth-order valence-corrected chi connectivity index (χ4v) is 6.47. The van der Waals surface area contributed by atoms with E-state index in [1.807, 2.05) is 0 Å². The third-order valence-corrected chi connectivity index (χ3v) is 10.7. The molecule has 15 nitrogen and oxygen atoms in total. The van der Waals surface area contributed by atoms with Gasteiger partial charge in [0.25, 0.3) is 23.6 Å². The van der Waals surface area contributed by atoms with Crippen molar-refractivity contribution >= 4 is 151 Å². The van der Waals surface area contributed by atoms with Gasteiger partial charge in [0.15, 0.2) is 17.6 Å². The van der Waals surface area contributed by atoms with Crippen molar-refractivity contribution in [2.75, 3.05) is 27.3 Å². The molecule has 0 radical (unpaired) electrons. The van der Waals surface area contributed by atoms with Crippen molar-refractivity contribution in [2.24, 2.45) is 20.5 Å². The van der Waals surface area contributed by atoms with Crippen LogP contribution in [0.25, 0.3) is 0 Å². The Morgan fingerprint density at radius 3 is 1.40 bits per heavy atom. The first-order chi connectivity index (χ1) is 30.0. The number of halogens is 7. The molecule has 5 aromatic carbocycles. The average Bonchev–Trinajstić information content (AvgIpc) is 3.22. The molecule has 0 aliphatic carbocycles. The first kappa shape index (κ1) is 48.4. The van der Waals surface area contributed by atoms with Crippen LogP contribution in [-0.4, -0.2) is 53.3 Å². The Kier molecular flexibility index (Phi) is 17.0. The van der Waals surface area contributed by atoms with Crippen LogP contribution in [0.5, 0.6) is 5.75 Å². The van der Waals surface area contributed by atoms with Crippen LogP contribution in [0, 0.1) is 0 Å². The number of hydrogen-bond acceptors (Lipinski definition) is 11. The summed E-state index contributed by atoms with van der Waals surface area (Å²) in [7, 11) is 0. The number of rotatable bonds is 16. The maximum Gasteiger partial charge on any atom is 0.258 e. The third kappa shape index (κ3) is 12.7. The maximum absolute atomic E-state index is 13.4. The van der Waals surface area contributed by atoms with E-state index in [0.29, 0.717) is 21.4 Å². The number of ketones is 2. The van der Waals surface area contributed by atoms with Crippen LogP contribution < -0.4 is 26.0 Å². The van der Waals surface area contributed by atoms with E-state index >= 15 is 0 Å². The SMILES string of the molecule is CC(=O)C(N=Nc1cccc(C(=O)Nc2ccc(Cl)c(Cl)c2)c1Cl)C(=O)Nc1ccc(NC(=O)C(N=Nc2cccc(C(=O)Nc3ccc(Cl)c(Cl)c3)c2Cl)C(C)=O)c(OCCl)c1. The van der Waals surface area contributed by atoms with Crippen molar-refractivity contribution < 1.29 is 33.5 Å². The van der Waals surface area contributed by atoms with Crippen LogP contribution in [0.2, 0.25) is 30.1 Å². The molecule has 0 aliphatic heterocycles. The minimum absolute atomic E-state index is 0.00845. The first-order valence-electron chi connectivity index (χ1n) is 17.8. The Balaban J connectivity index is 1.28. The summed E-state index contributed by atoms with van der Waals surface area (Å²) < 4.78 is 5.46. The fourth-order valence-electron chi connectivity index (χ4n) is 5.26. The summed E-state index contributed by atoms with van der Waals surface area (Å²) in [6.45, 7) is 2.24. The van der Waals surface area contributed by atoms with E-state index in [1.54, 1.807) is 6.07 Å². The molecule has 5 aromatic rings. The molecular weight excluding hydrogens is 965 g/mol. The quantitative estimate of drug-likeness (QED) is 0.0426. The van der Waals surface area contributed by atoms with Gasteiger partial charge in [0.1, 0.15) is 17.1 Å². The Bertz CT molecular complexity index is 2700. The van der Waals surface area contributed by atoms with Gasteiger partial charge in [0, 0.05) is 23.1 Å². The molecule has 0 heterocycles. The number of benzene rings is 5. The van der Waals surface area contributed by atoms with E-state index in [-0.39, 0.29) is 59.7 Å². The summed E-state index contributed by atoms with van der Waals surface area (Å²) in [5, 5.41) is 26.9. The van der Waals surface area contributed by atoms with Crippen LogP contribution in [0.1, 0.15) is 34.6 Å². The van der Waals surface area contributed by atoms with E-state index in [0.717, 1.165) is 13.8 Å². The van der Waals surface area contributed by atoms with Crippen LogP contribution in [-0.2, 0) is 19.2 Å². The topological polar surface area (TPSA) is 209 Å². The predicted molar refractivity (Wildman–Crippen MR) is 245 cm³/mol. The van der Waals surface area contributed by atoms with Crippen LogP contribution in [0.3, 0.4) is 0 Å². The Hall–Kier alpha value is -5.65. The molecule has 0 saturated heterocycles. The zero-order chi connectivity index (χ0) is 46.0. The number of anilines is 4. The number of hydrogen-bond donors (Lipinski definition) is 4. The second kappa shape index (κ2) is 22.1. The summed E-state index contributed by atoms with van der Waals surface area (Å²) >= 11 is 42.8. The van der Waals surface area contributed by atoms with E-state index in [9.17, 15) is 28.8 Å². The number of carbonyl (C=O) groups excluding carboxylic acids is 6. The van der Waals surface area contributed by atoms with Crippen molar-refractivity contribution in [1.82, 2.24) is 0 Å². The molecule has 22 heteroatoms. The summed E-state index contributed by atoms with van der Waals surface area (Å²) in [6.07, 6.45) is 0. The van der Waals surface area contributed by atoms with Gasteiger partial charge in [0.2, 0.25) is 12.1 Å². The molecule has 0 spiro atoms. The van der Waals surface area contributed by atoms with Gasteiger partial charge >= 0.3 is 0 Å². The minimum Gasteiger partial charge on any atom is -0.476 e. The highest BCUT2D eigenvalue weighted by Gasteiger charge is 2.27. The molecule has 4 N–H and O–H groups in total. The van der Waals surface area contributed by atoms with Crippen molar-refractivity contribution in [3.8, 4) is 5.75 Å². The molecule has 2 atom stereocenters. The number of alkyl halides is 1. The van der Waals surface area contributed by atoms with E-state index in [4.69, 9.17) is 85.9 Å². The molecule has 5 rings (SSSR count). The second-order valence-electron chi connectivity index (χ2n) is 12.8. The first-order valence-corrected chi connectivity index (χ1v) is 20.6. The third-order valence-electron chi connectivity index (χ3n) is 8.35. The molecule has 0 saturated carbocycles. The molecule has 324 valence electrons. The number of ether oxygens (including phenoxy) is 1. The van der Waals surface area contributed by atoms with Gasteiger partial charge in [-0.15, -0.1) is 0 Å². The smallest absolute Gasteiger partial charge is 0.258 e. The number of amides is 4. The Morgan fingerprint density at radius 2 is 0.968 bits per heavy atom. The van der Waals surface area contributed by atoms with E-state index in [1.165, 1.54) is 84.9 Å². The minimum atomic E-state index is -1.69. The summed E-state index contributed by atoms with van der Waals surface area (Å²) in [6, 6.07) is 17.9. The van der Waals surface area contributed by atoms with Crippen LogP contribution in [0.4, 0.5) is 34.1 Å². The van der Waals surface area contributed by atoms with Crippen molar-refractivity contribution in [3.63, 3.8) is 0 Å². The highest BCUT2D eigenvalue weighted by Crippen LogP contribution is 2.34. The Labute approximate surface area is 393 Å². The van der Waals surface area contributed by atoms with Gasteiger partial charge in [0.05, 0.1) is 47.0 Å². The monoisotopic (exact) mass is 990 g/mol. The number of nitrogens with one attached hydrogen (secondary N) is 4. The number of carbonyl (C=O) groups is 6. The van der Waals surface area contributed by atoms with E-state index in [2.05, 4.69) is 41.7 Å². The molecule has 0 aromatic heterocycles. The second-order valence-corrected chi connectivity index (χ2v) is 15.4. The van der Waals surface area contributed by atoms with Gasteiger partial charge in [-0.25, -0.2) is 0 Å². The van der Waals surface area contributed by atoms with E-state index < -0.39 is 53.3 Å². The zero-order valence-corrected chi connectivity index (χ0v) is 37.6. The number of azo groups is 2. The van der Waals surface area contributed by atoms with Crippen molar-refractivity contribution in [3.05, 3.63) is 132 Å². The van der Waals surface area contributed by atoms with Crippen LogP contribution in [0.15, 0.2) is 111 Å². The van der Waals surface area contributed by atoms with Crippen LogP contribution >= 0.6 is 81.2 Å². The maximum atomic E-state index is 13.4. The van der Waals surface area contributed by atoms with Gasteiger partial charge in [-0.1, -0.05) is 93.3 Å². The lowest BCUT2D eigenvalue weighted by Crippen LogP contribution is -2.32. The van der Waals surface area contributed by atoms with Gasteiger partial charge in [-0.2, -0.15) is 20.5 Å². The zero-order valence-electron chi connectivity index (χ0n) is 32.3. The molecule has 2 unspecified atom stereocenters. The normalized spacial score (nSPS) is 12.1. The molecular formula is C41H29Cl7N8O7. The lowest BCUT2D eigenvalue weighted by molar-refractivity contribution is -0.127. The summed E-state index contributed by atoms with van der Waals surface area (Å²) in [5.74, 6) is -4.50. The Morgan fingerprint density at radius 1 is 0.540 bits per heavy atom. The lowest BCUT2D eigenvalue weighted by atomic mass is 10.1. The standard InChI is InChI=1S/C41H29Cl7N8O7/c1-19(57)36(55-53-31-7-3-5-24(34(31)47)38(59)49-21-9-12-26(43)28(45)15-21)40(61)51-23-11-14-30(33(17-23)63-18-42)52-41(62)37(20(2)58)56-54-32-8-4-6-25(35(32)48)39(60)50-22-10-13-27(44)29(46)16-22/h3-17,36-37H,18H2,1-2H3,(H,49,59)(H,50,60)(H,51,61)(H,52,62). The van der Waals surface area contributed by atoms with Gasteiger partial charge in [-0.3, -0.25) is 28.8 Å². The van der Waals surface area contributed by atoms with Crippen molar-refractivity contribution in [1.29, 1.82) is 0 Å². The fraction of sp³-hybridized carbons (Fsp3) is 0.122. The largest absolute Gasteiger partial charge is 0.476 e. The number of Topliss-reactive ketones (excluding diaryl/α,β-unsaturated/α-hetero) is 2.